The summed E-state index contributed by atoms with van der Waals surface area (Å²) in [5, 5.41) is 0. The molecule has 0 fully saturated rings. The Labute approximate surface area is 122 Å². The number of rotatable bonds is 6. The van der Waals surface area contributed by atoms with Gasteiger partial charge in [0.25, 0.3) is 0 Å². The lowest BCUT2D eigenvalue weighted by Crippen LogP contribution is -2.33. The number of halogens is 2. The molecule has 0 aromatic heterocycles. The van der Waals surface area contributed by atoms with Crippen LogP contribution in [0.1, 0.15) is 33.6 Å². The van der Waals surface area contributed by atoms with Crippen LogP contribution in [0.15, 0.2) is 27.6 Å². The summed E-state index contributed by atoms with van der Waals surface area (Å²) in [6, 6.07) is 3.61. The van der Waals surface area contributed by atoms with Gasteiger partial charge in [-0.2, -0.15) is 0 Å². The van der Waals surface area contributed by atoms with Crippen molar-refractivity contribution in [3.05, 3.63) is 28.5 Å². The van der Waals surface area contributed by atoms with E-state index < -0.39 is 15.8 Å². The van der Waals surface area contributed by atoms with Gasteiger partial charge in [-0.05, 0) is 53.4 Å². The number of nitrogens with one attached hydrogen (secondary N) is 1. The van der Waals surface area contributed by atoms with E-state index in [0.717, 1.165) is 18.9 Å². The van der Waals surface area contributed by atoms with Crippen molar-refractivity contribution in [1.29, 1.82) is 0 Å². The summed E-state index contributed by atoms with van der Waals surface area (Å²) in [5.41, 5.74) is 0. The highest BCUT2D eigenvalue weighted by Crippen LogP contribution is 2.20. The molecule has 0 heterocycles. The monoisotopic (exact) mass is 351 g/mol. The standard InChI is InChI=1S/C13H19BrFNO2S/c1-4-9(2)7-10(3)16-19(17,18)11-5-6-12(14)13(15)8-11/h5-6,8-10,16H,4,7H2,1-3H3. The second-order valence-corrected chi connectivity index (χ2v) is 7.42. The predicted octanol–water partition coefficient (Wildman–Crippen LogP) is 3.69. The van der Waals surface area contributed by atoms with Crippen LogP contribution in [0.2, 0.25) is 0 Å². The van der Waals surface area contributed by atoms with Gasteiger partial charge in [-0.15, -0.1) is 0 Å². The Kier molecular flexibility index (Phi) is 5.95. The molecular formula is C13H19BrFNO2S. The van der Waals surface area contributed by atoms with Gasteiger partial charge in [-0.1, -0.05) is 20.3 Å². The number of benzene rings is 1. The second kappa shape index (κ2) is 6.81. The Morgan fingerprint density at radius 3 is 2.53 bits per heavy atom. The third-order valence-electron chi connectivity index (χ3n) is 3.01. The van der Waals surface area contributed by atoms with E-state index in [0.29, 0.717) is 5.92 Å². The summed E-state index contributed by atoms with van der Waals surface area (Å²) >= 11 is 3.00. The molecule has 0 aliphatic rings. The van der Waals surface area contributed by atoms with Gasteiger partial charge in [-0.25, -0.2) is 17.5 Å². The summed E-state index contributed by atoms with van der Waals surface area (Å²) in [6.07, 6.45) is 1.76. The lowest BCUT2D eigenvalue weighted by atomic mass is 10.0. The van der Waals surface area contributed by atoms with Crippen LogP contribution < -0.4 is 4.72 Å². The minimum absolute atomic E-state index is 0.0517. The van der Waals surface area contributed by atoms with Crippen LogP contribution in [0.4, 0.5) is 4.39 Å². The number of hydrogen-bond acceptors (Lipinski definition) is 2. The summed E-state index contributed by atoms with van der Waals surface area (Å²) in [7, 11) is -3.66. The molecule has 0 saturated heterocycles. The molecule has 1 rings (SSSR count). The van der Waals surface area contributed by atoms with E-state index in [2.05, 4.69) is 34.5 Å². The van der Waals surface area contributed by atoms with Gasteiger partial charge in [0, 0.05) is 6.04 Å². The largest absolute Gasteiger partial charge is 0.240 e. The minimum Gasteiger partial charge on any atom is -0.208 e. The Bertz CT molecular complexity index is 533. The first-order chi connectivity index (χ1) is 8.76. The Balaban J connectivity index is 2.83. The highest BCUT2D eigenvalue weighted by atomic mass is 79.9. The van der Waals surface area contributed by atoms with Crippen molar-refractivity contribution in [3.8, 4) is 0 Å². The van der Waals surface area contributed by atoms with Crippen molar-refractivity contribution in [2.75, 3.05) is 0 Å². The lowest BCUT2D eigenvalue weighted by Gasteiger charge is -2.17. The van der Waals surface area contributed by atoms with Crippen molar-refractivity contribution in [1.82, 2.24) is 4.72 Å². The van der Waals surface area contributed by atoms with Crippen molar-refractivity contribution in [3.63, 3.8) is 0 Å². The molecule has 3 nitrogen and oxygen atoms in total. The van der Waals surface area contributed by atoms with Crippen LogP contribution >= 0.6 is 15.9 Å². The smallest absolute Gasteiger partial charge is 0.208 e. The molecule has 6 heteroatoms. The molecule has 0 amide bonds. The first-order valence-electron chi connectivity index (χ1n) is 6.23. The molecule has 1 N–H and O–H groups in total. The quantitative estimate of drug-likeness (QED) is 0.849. The Hall–Kier alpha value is -0.460. The fourth-order valence-electron chi connectivity index (χ4n) is 1.80. The van der Waals surface area contributed by atoms with E-state index >= 15 is 0 Å². The van der Waals surface area contributed by atoms with E-state index in [-0.39, 0.29) is 15.4 Å². The first kappa shape index (κ1) is 16.6. The zero-order chi connectivity index (χ0) is 14.6. The first-order valence-corrected chi connectivity index (χ1v) is 8.51. The highest BCUT2D eigenvalue weighted by Gasteiger charge is 2.19. The average molecular weight is 352 g/mol. The van der Waals surface area contributed by atoms with Gasteiger partial charge in [0.05, 0.1) is 9.37 Å². The predicted molar refractivity (Wildman–Crippen MR) is 78.0 cm³/mol. The molecule has 1 aromatic rings. The third kappa shape index (κ3) is 4.85. The summed E-state index contributed by atoms with van der Waals surface area (Å²) in [6.45, 7) is 5.96. The Morgan fingerprint density at radius 1 is 1.37 bits per heavy atom. The van der Waals surface area contributed by atoms with Gasteiger partial charge in [-0.3, -0.25) is 0 Å². The van der Waals surface area contributed by atoms with Crippen LogP contribution in [0, 0.1) is 11.7 Å². The zero-order valence-electron chi connectivity index (χ0n) is 11.3. The normalized spacial score (nSPS) is 15.2. The summed E-state index contributed by atoms with van der Waals surface area (Å²) in [5.74, 6) is -0.142. The van der Waals surface area contributed by atoms with Gasteiger partial charge in [0.2, 0.25) is 10.0 Å². The molecule has 108 valence electrons. The number of sulfonamides is 1. The van der Waals surface area contributed by atoms with Gasteiger partial charge in [0.1, 0.15) is 5.82 Å². The maximum absolute atomic E-state index is 13.4. The SMILES string of the molecule is CCC(C)CC(C)NS(=O)(=O)c1ccc(Br)c(F)c1. The molecule has 0 saturated carbocycles. The highest BCUT2D eigenvalue weighted by molar-refractivity contribution is 9.10. The third-order valence-corrected chi connectivity index (χ3v) is 5.24. The van der Waals surface area contributed by atoms with Gasteiger partial charge < -0.3 is 0 Å². The van der Waals surface area contributed by atoms with E-state index in [1.165, 1.54) is 12.1 Å². The molecule has 2 unspecified atom stereocenters. The zero-order valence-corrected chi connectivity index (χ0v) is 13.7. The molecule has 1 aromatic carbocycles. The average Bonchev–Trinajstić information content (AvgIpc) is 2.31. The molecule has 19 heavy (non-hydrogen) atoms. The van der Waals surface area contributed by atoms with Crippen LogP contribution in [0.5, 0.6) is 0 Å². The van der Waals surface area contributed by atoms with E-state index in [1.54, 1.807) is 0 Å². The van der Waals surface area contributed by atoms with Gasteiger partial charge in [0.15, 0.2) is 0 Å². The molecule has 2 atom stereocenters. The Morgan fingerprint density at radius 2 is 2.00 bits per heavy atom. The molecule has 0 aliphatic heterocycles. The summed E-state index contributed by atoms with van der Waals surface area (Å²) in [4.78, 5) is -0.0517. The van der Waals surface area contributed by atoms with Gasteiger partial charge >= 0.3 is 0 Å². The fourth-order valence-corrected chi connectivity index (χ4v) is 3.31. The van der Waals surface area contributed by atoms with E-state index in [9.17, 15) is 12.8 Å². The van der Waals surface area contributed by atoms with Crippen molar-refractivity contribution in [2.45, 2.75) is 44.6 Å². The van der Waals surface area contributed by atoms with Crippen molar-refractivity contribution in [2.24, 2.45) is 5.92 Å². The maximum atomic E-state index is 13.4. The molecule has 0 spiro atoms. The van der Waals surface area contributed by atoms with Crippen LogP contribution in [-0.4, -0.2) is 14.5 Å². The molecule has 0 radical (unpaired) electrons. The van der Waals surface area contributed by atoms with Crippen LogP contribution in [0.3, 0.4) is 0 Å². The van der Waals surface area contributed by atoms with Crippen molar-refractivity contribution < 1.29 is 12.8 Å². The van der Waals surface area contributed by atoms with E-state index in [4.69, 9.17) is 0 Å². The molecule has 0 aliphatic carbocycles. The van der Waals surface area contributed by atoms with E-state index in [1.807, 2.05) is 6.92 Å². The minimum atomic E-state index is -3.66. The lowest BCUT2D eigenvalue weighted by molar-refractivity contribution is 0.445. The number of hydrogen-bond donors (Lipinski definition) is 1. The molecular weight excluding hydrogens is 333 g/mol. The summed E-state index contributed by atoms with van der Waals surface area (Å²) < 4.78 is 40.4. The fraction of sp³-hybridized carbons (Fsp3) is 0.538. The van der Waals surface area contributed by atoms with Crippen LogP contribution in [0.25, 0.3) is 0 Å². The van der Waals surface area contributed by atoms with Crippen molar-refractivity contribution >= 4 is 26.0 Å². The molecule has 0 bridgehead atoms. The second-order valence-electron chi connectivity index (χ2n) is 4.85. The topological polar surface area (TPSA) is 46.2 Å². The van der Waals surface area contributed by atoms with Crippen LogP contribution in [-0.2, 0) is 10.0 Å². The maximum Gasteiger partial charge on any atom is 0.240 e.